The van der Waals surface area contributed by atoms with E-state index in [9.17, 15) is 4.79 Å². The Morgan fingerprint density at radius 3 is 2.75 bits per heavy atom. The summed E-state index contributed by atoms with van der Waals surface area (Å²) in [6.07, 6.45) is 2.25. The molecule has 0 atom stereocenters. The zero-order valence-electron chi connectivity index (χ0n) is 11.3. The molecule has 0 fully saturated rings. The van der Waals surface area contributed by atoms with Crippen LogP contribution in [-0.4, -0.2) is 21.9 Å². The minimum atomic E-state index is -0.378. The summed E-state index contributed by atoms with van der Waals surface area (Å²) in [6.45, 7) is 1.93. The molecule has 20 heavy (non-hydrogen) atoms. The van der Waals surface area contributed by atoms with Crippen LogP contribution in [0.25, 0.3) is 0 Å². The zero-order chi connectivity index (χ0) is 14.5. The minimum Gasteiger partial charge on any atom is -0.266 e. The number of aryl methyl sites for hydroxylation is 2. The molecule has 1 amide bonds. The van der Waals surface area contributed by atoms with E-state index in [4.69, 9.17) is 11.6 Å². The van der Waals surface area contributed by atoms with Crippen molar-refractivity contribution in [2.45, 2.75) is 13.3 Å². The fourth-order valence-electron chi connectivity index (χ4n) is 1.78. The molecular weight excluding hydrogens is 276 g/mol. The molecule has 1 aromatic heterocycles. The van der Waals surface area contributed by atoms with Crippen LogP contribution < -0.4 is 5.43 Å². The van der Waals surface area contributed by atoms with E-state index in [-0.39, 0.29) is 5.91 Å². The summed E-state index contributed by atoms with van der Waals surface area (Å²) in [5.74, 6) is -0.378. The monoisotopic (exact) mass is 290 g/mol. The molecule has 0 radical (unpaired) electrons. The molecule has 0 spiro atoms. The van der Waals surface area contributed by atoms with E-state index in [1.165, 1.54) is 4.68 Å². The van der Waals surface area contributed by atoms with Crippen LogP contribution in [0.15, 0.2) is 35.4 Å². The fourth-order valence-corrected chi connectivity index (χ4v) is 2.16. The number of nitrogens with one attached hydrogen (secondary N) is 1. The Kier molecular flexibility index (Phi) is 4.53. The van der Waals surface area contributed by atoms with Gasteiger partial charge in [-0.2, -0.15) is 10.2 Å². The Morgan fingerprint density at radius 1 is 1.45 bits per heavy atom. The highest BCUT2D eigenvalue weighted by atomic mass is 35.5. The number of carbonyl (C=O) groups excluding carboxylic acids is 1. The van der Waals surface area contributed by atoms with Crippen LogP contribution >= 0.6 is 11.6 Å². The van der Waals surface area contributed by atoms with Gasteiger partial charge in [-0.05, 0) is 12.0 Å². The number of hydrogen-bond acceptors (Lipinski definition) is 3. The van der Waals surface area contributed by atoms with Crippen molar-refractivity contribution in [2.75, 3.05) is 0 Å². The van der Waals surface area contributed by atoms with Gasteiger partial charge >= 0.3 is 0 Å². The predicted octanol–water partition coefficient (Wildman–Crippen LogP) is 2.40. The zero-order valence-corrected chi connectivity index (χ0v) is 12.1. The summed E-state index contributed by atoms with van der Waals surface area (Å²) >= 11 is 6.12. The largest absolute Gasteiger partial charge is 0.291 e. The summed E-state index contributed by atoms with van der Waals surface area (Å²) in [4.78, 5) is 12.0. The second-order valence-corrected chi connectivity index (χ2v) is 4.57. The van der Waals surface area contributed by atoms with Crippen molar-refractivity contribution in [3.05, 3.63) is 52.3 Å². The molecule has 0 unspecified atom stereocenters. The van der Waals surface area contributed by atoms with Gasteiger partial charge < -0.3 is 0 Å². The first-order valence-electron chi connectivity index (χ1n) is 6.23. The molecule has 1 N–H and O–H groups in total. The Bertz CT molecular complexity index is 634. The van der Waals surface area contributed by atoms with Crippen molar-refractivity contribution in [2.24, 2.45) is 12.1 Å². The molecule has 2 aromatic rings. The van der Waals surface area contributed by atoms with E-state index in [0.29, 0.717) is 22.8 Å². The average Bonchev–Trinajstić information content (AvgIpc) is 2.74. The Hall–Kier alpha value is -2.14. The van der Waals surface area contributed by atoms with Crippen LogP contribution in [0, 0.1) is 0 Å². The molecule has 0 bridgehead atoms. The lowest BCUT2D eigenvalue weighted by Crippen LogP contribution is -2.21. The first kappa shape index (κ1) is 14.3. The summed E-state index contributed by atoms with van der Waals surface area (Å²) in [5.41, 5.74) is 4.37. The minimum absolute atomic E-state index is 0.314. The van der Waals surface area contributed by atoms with E-state index >= 15 is 0 Å². The van der Waals surface area contributed by atoms with Gasteiger partial charge in [0.05, 0.1) is 16.9 Å². The van der Waals surface area contributed by atoms with Crippen LogP contribution in [0.2, 0.25) is 5.02 Å². The van der Waals surface area contributed by atoms with Gasteiger partial charge in [0.25, 0.3) is 5.91 Å². The Balaban J connectivity index is 2.10. The molecule has 0 aliphatic carbocycles. The van der Waals surface area contributed by atoms with Crippen molar-refractivity contribution in [1.82, 2.24) is 15.2 Å². The molecule has 5 nitrogen and oxygen atoms in total. The van der Waals surface area contributed by atoms with Gasteiger partial charge in [-0.15, -0.1) is 0 Å². The second kappa shape index (κ2) is 6.34. The quantitative estimate of drug-likeness (QED) is 0.694. The van der Waals surface area contributed by atoms with Crippen molar-refractivity contribution in [3.63, 3.8) is 0 Å². The predicted molar refractivity (Wildman–Crippen MR) is 79.1 cm³/mol. The third-order valence-corrected chi connectivity index (χ3v) is 3.18. The smallest absolute Gasteiger partial charge is 0.266 e. The van der Waals surface area contributed by atoms with Crippen LogP contribution in [0.4, 0.5) is 0 Å². The third-order valence-electron chi connectivity index (χ3n) is 2.78. The summed E-state index contributed by atoms with van der Waals surface area (Å²) in [6, 6.07) is 9.49. The average molecular weight is 291 g/mol. The fraction of sp³-hybridized carbons (Fsp3) is 0.214. The maximum absolute atomic E-state index is 12.0. The topological polar surface area (TPSA) is 59.3 Å². The molecule has 6 heteroatoms. The van der Waals surface area contributed by atoms with Crippen LogP contribution in [-0.2, 0) is 13.5 Å². The van der Waals surface area contributed by atoms with Crippen molar-refractivity contribution >= 4 is 23.7 Å². The third kappa shape index (κ3) is 3.05. The van der Waals surface area contributed by atoms with E-state index in [1.54, 1.807) is 13.3 Å². The highest BCUT2D eigenvalue weighted by Gasteiger charge is 2.19. The molecular formula is C14H15ClN4O. The standard InChI is InChI=1S/C14H15ClN4O/c1-3-11-12(15)13(19(2)18-11)14(20)17-16-9-10-7-5-4-6-8-10/h4-9H,3H2,1-2H3,(H,17,20)/b16-9+. The number of carbonyl (C=O) groups is 1. The maximum atomic E-state index is 12.0. The Labute approximate surface area is 122 Å². The number of nitrogens with zero attached hydrogens (tertiary/aromatic N) is 3. The van der Waals surface area contributed by atoms with Gasteiger partial charge in [0.15, 0.2) is 0 Å². The van der Waals surface area contributed by atoms with Crippen molar-refractivity contribution < 1.29 is 4.79 Å². The number of aromatic nitrogens is 2. The molecule has 0 aliphatic rings. The van der Waals surface area contributed by atoms with Crippen molar-refractivity contribution in [1.29, 1.82) is 0 Å². The number of hydrazone groups is 1. The first-order chi connectivity index (χ1) is 9.63. The number of benzene rings is 1. The van der Waals surface area contributed by atoms with E-state index in [2.05, 4.69) is 15.6 Å². The van der Waals surface area contributed by atoms with Crippen LogP contribution in [0.1, 0.15) is 28.7 Å². The molecule has 1 heterocycles. The number of rotatable bonds is 4. The van der Waals surface area contributed by atoms with E-state index in [1.807, 2.05) is 37.3 Å². The summed E-state index contributed by atoms with van der Waals surface area (Å²) in [5, 5.41) is 8.48. The summed E-state index contributed by atoms with van der Waals surface area (Å²) in [7, 11) is 1.68. The molecule has 0 saturated carbocycles. The summed E-state index contributed by atoms with van der Waals surface area (Å²) < 4.78 is 1.47. The maximum Gasteiger partial charge on any atom is 0.291 e. The lowest BCUT2D eigenvalue weighted by Gasteiger charge is -2.00. The molecule has 0 saturated heterocycles. The molecule has 0 aliphatic heterocycles. The van der Waals surface area contributed by atoms with Crippen molar-refractivity contribution in [3.8, 4) is 0 Å². The van der Waals surface area contributed by atoms with Gasteiger partial charge in [0.1, 0.15) is 5.69 Å². The van der Waals surface area contributed by atoms with Gasteiger partial charge in [-0.3, -0.25) is 9.48 Å². The van der Waals surface area contributed by atoms with Gasteiger partial charge in [0.2, 0.25) is 0 Å². The molecule has 2 rings (SSSR count). The SMILES string of the molecule is CCc1nn(C)c(C(=O)N/N=C/c2ccccc2)c1Cl. The normalized spacial score (nSPS) is 10.9. The first-order valence-corrected chi connectivity index (χ1v) is 6.61. The highest BCUT2D eigenvalue weighted by Crippen LogP contribution is 2.20. The van der Waals surface area contributed by atoms with Gasteiger partial charge in [-0.25, -0.2) is 5.43 Å². The van der Waals surface area contributed by atoms with Gasteiger partial charge in [-0.1, -0.05) is 48.9 Å². The van der Waals surface area contributed by atoms with E-state index in [0.717, 1.165) is 5.56 Å². The lowest BCUT2D eigenvalue weighted by molar-refractivity contribution is 0.0946. The van der Waals surface area contributed by atoms with E-state index < -0.39 is 0 Å². The van der Waals surface area contributed by atoms with Crippen LogP contribution in [0.5, 0.6) is 0 Å². The molecule has 104 valence electrons. The lowest BCUT2D eigenvalue weighted by atomic mass is 10.2. The number of halogens is 1. The highest BCUT2D eigenvalue weighted by molar-refractivity contribution is 6.34. The van der Waals surface area contributed by atoms with Crippen LogP contribution in [0.3, 0.4) is 0 Å². The number of amides is 1. The van der Waals surface area contributed by atoms with Gasteiger partial charge in [0, 0.05) is 7.05 Å². The number of hydrogen-bond donors (Lipinski definition) is 1. The Morgan fingerprint density at radius 2 is 2.15 bits per heavy atom. The molecule has 1 aromatic carbocycles. The second-order valence-electron chi connectivity index (χ2n) is 4.20.